The molecule has 0 spiro atoms. The smallest absolute Gasteiger partial charge is 0.0860 e. The second kappa shape index (κ2) is 6.02. The molecule has 106 valence electrons. The van der Waals surface area contributed by atoms with E-state index in [9.17, 15) is 5.11 Å². The predicted octanol–water partition coefficient (Wildman–Crippen LogP) is 4.82. The molecule has 3 aromatic rings. The summed E-state index contributed by atoms with van der Waals surface area (Å²) < 4.78 is 0. The van der Waals surface area contributed by atoms with Crippen LogP contribution in [0, 0.1) is 0 Å². The summed E-state index contributed by atoms with van der Waals surface area (Å²) in [5.74, 6) is 0. The molecule has 0 aliphatic rings. The summed E-state index contributed by atoms with van der Waals surface area (Å²) >= 11 is 12.1. The van der Waals surface area contributed by atoms with Crippen molar-refractivity contribution in [3.8, 4) is 0 Å². The van der Waals surface area contributed by atoms with Gasteiger partial charge in [0, 0.05) is 33.1 Å². The fraction of sp³-hybridized carbons (Fsp3) is 0.118. The van der Waals surface area contributed by atoms with Crippen molar-refractivity contribution in [3.05, 3.63) is 75.9 Å². The highest BCUT2D eigenvalue weighted by molar-refractivity contribution is 6.33. The summed E-state index contributed by atoms with van der Waals surface area (Å²) in [5, 5.41) is 12.5. The third-order valence-corrected chi connectivity index (χ3v) is 3.95. The topological polar surface area (TPSA) is 33.1 Å². The summed E-state index contributed by atoms with van der Waals surface area (Å²) in [4.78, 5) is 4.56. The van der Waals surface area contributed by atoms with Crippen molar-refractivity contribution in [2.45, 2.75) is 12.5 Å². The maximum atomic E-state index is 10.4. The van der Waals surface area contributed by atoms with Gasteiger partial charge < -0.3 is 5.11 Å². The van der Waals surface area contributed by atoms with Crippen molar-refractivity contribution in [2.75, 3.05) is 0 Å². The van der Waals surface area contributed by atoms with E-state index < -0.39 is 6.10 Å². The average Bonchev–Trinajstić information content (AvgIpc) is 2.49. The van der Waals surface area contributed by atoms with Gasteiger partial charge in [0.2, 0.25) is 0 Å². The van der Waals surface area contributed by atoms with E-state index in [1.165, 1.54) is 0 Å². The van der Waals surface area contributed by atoms with E-state index in [1.807, 2.05) is 36.4 Å². The van der Waals surface area contributed by atoms with Crippen molar-refractivity contribution in [3.63, 3.8) is 0 Å². The first kappa shape index (κ1) is 14.3. The molecule has 0 radical (unpaired) electrons. The molecule has 4 heteroatoms. The number of fused-ring (bicyclic) bond motifs is 1. The predicted molar refractivity (Wildman–Crippen MR) is 86.9 cm³/mol. The Kier molecular flexibility index (Phi) is 4.11. The molecule has 0 saturated heterocycles. The molecular weight excluding hydrogens is 305 g/mol. The molecule has 3 rings (SSSR count). The Labute approximate surface area is 133 Å². The van der Waals surface area contributed by atoms with Crippen molar-refractivity contribution in [1.82, 2.24) is 4.98 Å². The van der Waals surface area contributed by atoms with Crippen LogP contribution in [0.1, 0.15) is 17.4 Å². The average molecular weight is 318 g/mol. The highest BCUT2D eigenvalue weighted by Gasteiger charge is 2.14. The van der Waals surface area contributed by atoms with Crippen LogP contribution in [0.15, 0.2) is 54.6 Å². The van der Waals surface area contributed by atoms with Gasteiger partial charge in [0.25, 0.3) is 0 Å². The molecule has 1 atom stereocenters. The minimum atomic E-state index is -0.732. The van der Waals surface area contributed by atoms with Gasteiger partial charge in [0.1, 0.15) is 0 Å². The molecule has 0 amide bonds. The molecule has 0 aliphatic carbocycles. The Morgan fingerprint density at radius 3 is 2.67 bits per heavy atom. The number of aliphatic hydroxyl groups is 1. The van der Waals surface area contributed by atoms with Crippen molar-refractivity contribution < 1.29 is 5.11 Å². The van der Waals surface area contributed by atoms with E-state index in [2.05, 4.69) is 4.98 Å². The first-order valence-electron chi connectivity index (χ1n) is 6.61. The Bertz CT molecular complexity index is 789. The van der Waals surface area contributed by atoms with Crippen LogP contribution >= 0.6 is 23.2 Å². The molecule has 0 fully saturated rings. The van der Waals surface area contributed by atoms with E-state index in [4.69, 9.17) is 23.2 Å². The lowest BCUT2D eigenvalue weighted by Gasteiger charge is -2.13. The molecule has 1 aromatic heterocycles. The second-order valence-corrected chi connectivity index (χ2v) is 5.72. The minimum Gasteiger partial charge on any atom is -0.388 e. The first-order chi connectivity index (χ1) is 10.1. The van der Waals surface area contributed by atoms with Crippen LogP contribution < -0.4 is 0 Å². The standard InChI is InChI=1S/C17H13Cl2NO/c18-12-6-8-15(19)14(9-12)17(21)10-13-7-5-11-3-1-2-4-16(11)20-13/h1-9,17,21H,10H2. The van der Waals surface area contributed by atoms with Gasteiger partial charge in [-0.3, -0.25) is 4.98 Å². The number of hydrogen-bond acceptors (Lipinski definition) is 2. The largest absolute Gasteiger partial charge is 0.388 e. The fourth-order valence-corrected chi connectivity index (χ4v) is 2.72. The molecule has 0 aliphatic heterocycles. The summed E-state index contributed by atoms with van der Waals surface area (Å²) in [6, 6.07) is 16.9. The molecule has 0 saturated carbocycles. The van der Waals surface area contributed by atoms with E-state index >= 15 is 0 Å². The zero-order valence-corrected chi connectivity index (χ0v) is 12.6. The van der Waals surface area contributed by atoms with E-state index in [0.29, 0.717) is 22.0 Å². The normalized spacial score (nSPS) is 12.5. The van der Waals surface area contributed by atoms with Gasteiger partial charge in [-0.2, -0.15) is 0 Å². The number of rotatable bonds is 3. The van der Waals surface area contributed by atoms with Gasteiger partial charge >= 0.3 is 0 Å². The monoisotopic (exact) mass is 317 g/mol. The lowest BCUT2D eigenvalue weighted by molar-refractivity contribution is 0.177. The lowest BCUT2D eigenvalue weighted by Crippen LogP contribution is -2.04. The number of aliphatic hydroxyl groups excluding tert-OH is 1. The molecule has 1 heterocycles. The highest BCUT2D eigenvalue weighted by Crippen LogP contribution is 2.28. The van der Waals surface area contributed by atoms with Crippen LogP contribution in [0.4, 0.5) is 0 Å². The summed E-state index contributed by atoms with van der Waals surface area (Å²) in [7, 11) is 0. The summed E-state index contributed by atoms with van der Waals surface area (Å²) in [5.41, 5.74) is 2.36. The van der Waals surface area contributed by atoms with Crippen LogP contribution in [0.2, 0.25) is 10.0 Å². The molecule has 21 heavy (non-hydrogen) atoms. The Balaban J connectivity index is 1.88. The second-order valence-electron chi connectivity index (χ2n) is 4.88. The highest BCUT2D eigenvalue weighted by atomic mass is 35.5. The zero-order valence-electron chi connectivity index (χ0n) is 11.1. The third kappa shape index (κ3) is 3.18. The molecule has 2 nitrogen and oxygen atoms in total. The van der Waals surface area contributed by atoms with Crippen molar-refractivity contribution in [2.24, 2.45) is 0 Å². The van der Waals surface area contributed by atoms with Gasteiger partial charge in [0.05, 0.1) is 11.6 Å². The fourth-order valence-electron chi connectivity index (χ4n) is 2.30. The van der Waals surface area contributed by atoms with E-state index in [-0.39, 0.29) is 0 Å². The van der Waals surface area contributed by atoms with Crippen LogP contribution in [0.25, 0.3) is 10.9 Å². The third-order valence-electron chi connectivity index (χ3n) is 3.38. The van der Waals surface area contributed by atoms with Gasteiger partial charge in [-0.25, -0.2) is 0 Å². The van der Waals surface area contributed by atoms with Crippen molar-refractivity contribution >= 4 is 34.1 Å². The van der Waals surface area contributed by atoms with Crippen molar-refractivity contribution in [1.29, 1.82) is 0 Å². The maximum Gasteiger partial charge on any atom is 0.0860 e. The molecule has 1 N–H and O–H groups in total. The van der Waals surface area contributed by atoms with Crippen LogP contribution in [-0.4, -0.2) is 10.1 Å². The first-order valence-corrected chi connectivity index (χ1v) is 7.37. The summed E-state index contributed by atoms with van der Waals surface area (Å²) in [6.45, 7) is 0. The number of nitrogens with zero attached hydrogens (tertiary/aromatic N) is 1. The van der Waals surface area contributed by atoms with Gasteiger partial charge in [-0.1, -0.05) is 47.5 Å². The lowest BCUT2D eigenvalue weighted by atomic mass is 10.0. The quantitative estimate of drug-likeness (QED) is 0.751. The Hall–Kier alpha value is -1.61. The molecule has 0 bridgehead atoms. The minimum absolute atomic E-state index is 0.394. The SMILES string of the molecule is OC(Cc1ccc2ccccc2n1)c1cc(Cl)ccc1Cl. The van der Waals surface area contributed by atoms with Gasteiger partial charge in [-0.15, -0.1) is 0 Å². The molecule has 1 unspecified atom stereocenters. The number of para-hydroxylation sites is 1. The number of benzene rings is 2. The van der Waals surface area contributed by atoms with Gasteiger partial charge in [-0.05, 0) is 30.3 Å². The van der Waals surface area contributed by atoms with Crippen LogP contribution in [0.5, 0.6) is 0 Å². The zero-order chi connectivity index (χ0) is 14.8. The van der Waals surface area contributed by atoms with Crippen LogP contribution in [-0.2, 0) is 6.42 Å². The van der Waals surface area contributed by atoms with Gasteiger partial charge in [0.15, 0.2) is 0 Å². The molecular formula is C17H13Cl2NO. The van der Waals surface area contributed by atoms with Crippen LogP contribution in [0.3, 0.4) is 0 Å². The number of aromatic nitrogens is 1. The van der Waals surface area contributed by atoms with E-state index in [0.717, 1.165) is 16.6 Å². The molecule has 2 aromatic carbocycles. The number of pyridine rings is 1. The number of halogens is 2. The summed E-state index contributed by atoms with van der Waals surface area (Å²) in [6.07, 6.45) is -0.338. The Morgan fingerprint density at radius 2 is 1.81 bits per heavy atom. The Morgan fingerprint density at radius 1 is 1.00 bits per heavy atom. The van der Waals surface area contributed by atoms with E-state index in [1.54, 1.807) is 18.2 Å². The number of hydrogen-bond donors (Lipinski definition) is 1. The maximum absolute atomic E-state index is 10.4.